The van der Waals surface area contributed by atoms with E-state index in [4.69, 9.17) is 35.9 Å². The molecule has 0 amide bonds. The molecule has 0 saturated heterocycles. The molecule has 0 atom stereocenters. The monoisotopic (exact) mass is 528 g/mol. The molecule has 1 aromatic heterocycles. The van der Waals surface area contributed by atoms with E-state index in [2.05, 4.69) is 5.16 Å². The minimum atomic E-state index is -0.815. The summed E-state index contributed by atoms with van der Waals surface area (Å²) in [5.41, 5.74) is 10.8. The SMILES string of the molecule is CO.Cc1noc(-c2ccccc2)c1CCC(=O)O.N#Cc1ccc(C(=N)COc2ccc(CN)cc2)cc1. The Morgan fingerprint density at radius 1 is 1.05 bits per heavy atom. The highest BCUT2D eigenvalue weighted by Crippen LogP contribution is 2.26. The average Bonchev–Trinajstić information content (AvgIpc) is 3.36. The third-order valence-electron chi connectivity index (χ3n) is 5.51. The Labute approximate surface area is 227 Å². The highest BCUT2D eigenvalue weighted by Gasteiger charge is 2.15. The zero-order chi connectivity index (χ0) is 28.6. The number of nitrogens with zero attached hydrogens (tertiary/aromatic N) is 2. The van der Waals surface area contributed by atoms with Crippen molar-refractivity contribution in [2.45, 2.75) is 26.3 Å². The van der Waals surface area contributed by atoms with Crippen molar-refractivity contribution in [3.05, 3.63) is 107 Å². The summed E-state index contributed by atoms with van der Waals surface area (Å²) < 4.78 is 10.8. The van der Waals surface area contributed by atoms with Crippen molar-refractivity contribution in [1.82, 2.24) is 5.16 Å². The maximum absolute atomic E-state index is 10.6. The van der Waals surface area contributed by atoms with Gasteiger partial charge < -0.3 is 30.6 Å². The van der Waals surface area contributed by atoms with Crippen LogP contribution in [0.15, 0.2) is 83.4 Å². The molecule has 0 radical (unpaired) electrons. The number of rotatable bonds is 9. The quantitative estimate of drug-likeness (QED) is 0.226. The molecular weight excluding hydrogens is 496 g/mol. The van der Waals surface area contributed by atoms with Gasteiger partial charge in [0.2, 0.25) is 0 Å². The van der Waals surface area contributed by atoms with Crippen LogP contribution in [0.3, 0.4) is 0 Å². The van der Waals surface area contributed by atoms with Gasteiger partial charge in [0.05, 0.1) is 23.0 Å². The lowest BCUT2D eigenvalue weighted by molar-refractivity contribution is -0.136. The first-order chi connectivity index (χ1) is 18.9. The van der Waals surface area contributed by atoms with Crippen LogP contribution in [0.4, 0.5) is 0 Å². The summed E-state index contributed by atoms with van der Waals surface area (Å²) in [5, 5.41) is 36.3. The highest BCUT2D eigenvalue weighted by molar-refractivity contribution is 5.99. The summed E-state index contributed by atoms with van der Waals surface area (Å²) >= 11 is 0. The van der Waals surface area contributed by atoms with Gasteiger partial charge in [0, 0.05) is 31.2 Å². The number of nitrogens with two attached hydrogens (primary N) is 1. The molecule has 4 rings (SSSR count). The molecule has 0 aliphatic heterocycles. The number of carbonyl (C=O) groups is 1. The summed E-state index contributed by atoms with van der Waals surface area (Å²) in [4.78, 5) is 10.6. The average molecular weight is 529 g/mol. The molecule has 1 heterocycles. The Kier molecular flexibility index (Phi) is 12.6. The number of ether oxygens (including phenoxy) is 1. The van der Waals surface area contributed by atoms with Gasteiger partial charge in [-0.1, -0.05) is 59.8 Å². The fourth-order valence-corrected chi connectivity index (χ4v) is 3.44. The Hall–Kier alpha value is -4.78. The summed E-state index contributed by atoms with van der Waals surface area (Å²) in [6.45, 7) is 2.52. The lowest BCUT2D eigenvalue weighted by atomic mass is 10.0. The second-order valence-corrected chi connectivity index (χ2v) is 8.14. The van der Waals surface area contributed by atoms with Crippen LogP contribution in [-0.2, 0) is 17.8 Å². The number of hydrogen-bond donors (Lipinski definition) is 4. The van der Waals surface area contributed by atoms with Crippen LogP contribution in [0.1, 0.15) is 34.4 Å². The molecule has 3 aromatic carbocycles. The van der Waals surface area contributed by atoms with Crippen LogP contribution in [-0.4, -0.2) is 40.8 Å². The van der Waals surface area contributed by atoms with Gasteiger partial charge in [0.25, 0.3) is 0 Å². The molecule has 9 nitrogen and oxygen atoms in total. The number of aryl methyl sites for hydroxylation is 1. The van der Waals surface area contributed by atoms with Crippen molar-refractivity contribution in [2.75, 3.05) is 13.7 Å². The molecule has 4 aromatic rings. The maximum atomic E-state index is 10.6. The van der Waals surface area contributed by atoms with E-state index in [1.165, 1.54) is 0 Å². The number of aliphatic hydroxyl groups excluding tert-OH is 1. The van der Waals surface area contributed by atoms with Crippen molar-refractivity contribution in [2.24, 2.45) is 5.73 Å². The topological polar surface area (TPSA) is 166 Å². The van der Waals surface area contributed by atoms with E-state index in [-0.39, 0.29) is 13.0 Å². The third kappa shape index (κ3) is 9.55. The first-order valence-corrected chi connectivity index (χ1v) is 12.1. The van der Waals surface area contributed by atoms with Gasteiger partial charge in [-0.2, -0.15) is 5.26 Å². The second-order valence-electron chi connectivity index (χ2n) is 8.14. The van der Waals surface area contributed by atoms with Crippen LogP contribution in [0.2, 0.25) is 0 Å². The van der Waals surface area contributed by atoms with Crippen molar-refractivity contribution >= 4 is 11.7 Å². The Morgan fingerprint density at radius 2 is 1.69 bits per heavy atom. The van der Waals surface area contributed by atoms with Crippen molar-refractivity contribution in [3.63, 3.8) is 0 Å². The van der Waals surface area contributed by atoms with Gasteiger partial charge in [-0.25, -0.2) is 0 Å². The van der Waals surface area contributed by atoms with Crippen LogP contribution in [0.5, 0.6) is 5.75 Å². The number of aliphatic hydroxyl groups is 1. The largest absolute Gasteiger partial charge is 0.487 e. The normalized spacial score (nSPS) is 9.72. The lowest BCUT2D eigenvalue weighted by Crippen LogP contribution is -2.11. The summed E-state index contributed by atoms with van der Waals surface area (Å²) in [5.74, 6) is 0.564. The summed E-state index contributed by atoms with van der Waals surface area (Å²) in [7, 11) is 1.00. The second kappa shape index (κ2) is 16.1. The van der Waals surface area contributed by atoms with Crippen LogP contribution >= 0.6 is 0 Å². The van der Waals surface area contributed by atoms with E-state index < -0.39 is 5.97 Å². The number of hydrogen-bond acceptors (Lipinski definition) is 8. The Morgan fingerprint density at radius 3 is 2.26 bits per heavy atom. The Bertz CT molecular complexity index is 1360. The van der Waals surface area contributed by atoms with Crippen molar-refractivity contribution in [3.8, 4) is 23.1 Å². The van der Waals surface area contributed by atoms with Gasteiger partial charge in [-0.15, -0.1) is 0 Å². The van der Waals surface area contributed by atoms with Crippen molar-refractivity contribution in [1.29, 1.82) is 10.7 Å². The van der Waals surface area contributed by atoms with E-state index in [1.54, 1.807) is 24.3 Å². The molecule has 9 heteroatoms. The van der Waals surface area contributed by atoms with Crippen LogP contribution in [0.25, 0.3) is 11.3 Å². The fourth-order valence-electron chi connectivity index (χ4n) is 3.44. The predicted octanol–water partition coefficient (Wildman–Crippen LogP) is 4.74. The molecule has 0 saturated carbocycles. The molecule has 0 aliphatic rings. The minimum absolute atomic E-state index is 0.0852. The van der Waals surface area contributed by atoms with E-state index in [0.717, 1.165) is 35.1 Å². The van der Waals surface area contributed by atoms with Gasteiger partial charge in [-0.05, 0) is 48.7 Å². The lowest BCUT2D eigenvalue weighted by Gasteiger charge is -2.08. The van der Waals surface area contributed by atoms with E-state index >= 15 is 0 Å². The molecule has 5 N–H and O–H groups in total. The third-order valence-corrected chi connectivity index (χ3v) is 5.51. The molecule has 0 spiro atoms. The standard InChI is InChI=1S/C16H15N3O.C13H13NO3.CH4O/c17-9-12-1-5-14(6-2-12)16(19)11-20-15-7-3-13(10-18)4-8-15;1-9-11(7-8-12(15)16)13(17-14-9)10-5-3-2-4-6-10;1-2/h1-8,19H,10-11,18H2;2-6H,7-8H2,1H3,(H,15,16);2H,1H3. The molecule has 202 valence electrons. The number of aromatic nitrogens is 1. The van der Waals surface area contributed by atoms with E-state index in [1.807, 2.05) is 67.6 Å². The van der Waals surface area contributed by atoms with Gasteiger partial charge in [-0.3, -0.25) is 4.79 Å². The molecule has 0 bridgehead atoms. The first kappa shape index (κ1) is 30.4. The number of nitriles is 1. The predicted molar refractivity (Wildman–Crippen MR) is 149 cm³/mol. The highest BCUT2D eigenvalue weighted by atomic mass is 16.5. The first-order valence-electron chi connectivity index (χ1n) is 12.1. The number of carboxylic acids is 1. The zero-order valence-electron chi connectivity index (χ0n) is 21.9. The van der Waals surface area contributed by atoms with Gasteiger partial charge in [0.15, 0.2) is 5.76 Å². The van der Waals surface area contributed by atoms with E-state index in [9.17, 15) is 4.79 Å². The fraction of sp³-hybridized carbons (Fsp3) is 0.200. The molecule has 0 unspecified atom stereocenters. The smallest absolute Gasteiger partial charge is 0.303 e. The van der Waals surface area contributed by atoms with Crippen LogP contribution in [0, 0.1) is 23.7 Å². The zero-order valence-corrected chi connectivity index (χ0v) is 21.9. The molecular formula is C30H32N4O5. The number of carboxylic acid groups (broad SMARTS) is 1. The van der Waals surface area contributed by atoms with E-state index in [0.29, 0.717) is 35.8 Å². The number of aliphatic carboxylic acids is 1. The Balaban J connectivity index is 0.000000260. The van der Waals surface area contributed by atoms with Crippen molar-refractivity contribution < 1.29 is 24.3 Å². The molecule has 39 heavy (non-hydrogen) atoms. The maximum Gasteiger partial charge on any atom is 0.303 e. The number of nitrogens with one attached hydrogen (secondary N) is 1. The minimum Gasteiger partial charge on any atom is -0.487 e. The van der Waals surface area contributed by atoms with Gasteiger partial charge >= 0.3 is 5.97 Å². The molecule has 0 fully saturated rings. The summed E-state index contributed by atoms with van der Waals surface area (Å²) in [6.07, 6.45) is 0.525. The van der Waals surface area contributed by atoms with Crippen LogP contribution < -0.4 is 10.5 Å². The summed E-state index contributed by atoms with van der Waals surface area (Å²) in [6, 6.07) is 26.0. The number of benzene rings is 3. The van der Waals surface area contributed by atoms with Gasteiger partial charge in [0.1, 0.15) is 12.4 Å². The molecule has 0 aliphatic carbocycles.